The highest BCUT2D eigenvalue weighted by atomic mass is 35.5. The number of aliphatic hydroxyl groups is 1. The first kappa shape index (κ1) is 25.1. The topological polar surface area (TPSA) is 85.3 Å². The van der Waals surface area contributed by atoms with Gasteiger partial charge in [-0.3, -0.25) is 9.59 Å². The Bertz CT molecular complexity index is 1320. The number of rotatable bonds is 8. The van der Waals surface area contributed by atoms with Gasteiger partial charge in [-0.15, -0.1) is 0 Å². The number of ketones is 1. The minimum absolute atomic E-state index is 0.0198. The highest BCUT2D eigenvalue weighted by molar-refractivity contribution is 6.47. The zero-order chi connectivity index (χ0) is 25.8. The van der Waals surface area contributed by atoms with Crippen molar-refractivity contribution < 1.29 is 28.9 Å². The van der Waals surface area contributed by atoms with Crippen LogP contribution in [0.25, 0.3) is 5.76 Å². The van der Waals surface area contributed by atoms with Gasteiger partial charge in [0.05, 0.1) is 38.0 Å². The van der Waals surface area contributed by atoms with Crippen LogP contribution in [0.3, 0.4) is 0 Å². The molecule has 0 bridgehead atoms. The lowest BCUT2D eigenvalue weighted by Crippen LogP contribution is -2.31. The largest absolute Gasteiger partial charge is 0.507 e. The minimum Gasteiger partial charge on any atom is -0.507 e. The number of methoxy groups -OCH3 is 3. The van der Waals surface area contributed by atoms with E-state index in [0.29, 0.717) is 29.2 Å². The molecule has 36 heavy (non-hydrogen) atoms. The Morgan fingerprint density at radius 1 is 0.917 bits per heavy atom. The Hall–Kier alpha value is -3.97. The van der Waals surface area contributed by atoms with Gasteiger partial charge in [-0.2, -0.15) is 0 Å². The number of nitrogens with zero attached hydrogens (tertiary/aromatic N) is 1. The van der Waals surface area contributed by atoms with Crippen molar-refractivity contribution in [1.29, 1.82) is 0 Å². The number of benzene rings is 3. The Morgan fingerprint density at radius 3 is 2.31 bits per heavy atom. The third-order valence-corrected chi connectivity index (χ3v) is 6.50. The van der Waals surface area contributed by atoms with Gasteiger partial charge in [0.2, 0.25) is 0 Å². The molecule has 0 spiro atoms. The van der Waals surface area contributed by atoms with Crippen molar-refractivity contribution in [3.8, 4) is 17.2 Å². The van der Waals surface area contributed by atoms with Gasteiger partial charge < -0.3 is 24.2 Å². The molecule has 3 aromatic rings. The molecule has 0 aromatic heterocycles. The van der Waals surface area contributed by atoms with Crippen LogP contribution in [0.15, 0.2) is 72.3 Å². The van der Waals surface area contributed by atoms with Gasteiger partial charge >= 0.3 is 0 Å². The molecule has 1 aliphatic rings. The van der Waals surface area contributed by atoms with Gasteiger partial charge in [0.25, 0.3) is 11.7 Å². The third-order valence-electron chi connectivity index (χ3n) is 6.17. The average molecular weight is 508 g/mol. The summed E-state index contributed by atoms with van der Waals surface area (Å²) >= 11 is 6.35. The fourth-order valence-corrected chi connectivity index (χ4v) is 4.54. The van der Waals surface area contributed by atoms with E-state index in [0.717, 1.165) is 5.56 Å². The first-order chi connectivity index (χ1) is 17.4. The molecule has 1 saturated heterocycles. The summed E-state index contributed by atoms with van der Waals surface area (Å²) in [4.78, 5) is 28.0. The quantitative estimate of drug-likeness (QED) is 0.261. The summed E-state index contributed by atoms with van der Waals surface area (Å²) in [5, 5.41) is 11.5. The van der Waals surface area contributed by atoms with Crippen molar-refractivity contribution in [3.63, 3.8) is 0 Å². The Labute approximate surface area is 214 Å². The Kier molecular flexibility index (Phi) is 7.50. The third kappa shape index (κ3) is 4.75. The molecule has 1 aliphatic heterocycles. The van der Waals surface area contributed by atoms with E-state index in [4.69, 9.17) is 25.8 Å². The van der Waals surface area contributed by atoms with Crippen molar-refractivity contribution in [2.45, 2.75) is 12.5 Å². The van der Waals surface area contributed by atoms with Crippen molar-refractivity contribution in [2.75, 3.05) is 27.9 Å². The molecule has 1 amide bonds. The maximum absolute atomic E-state index is 13.3. The van der Waals surface area contributed by atoms with Crippen molar-refractivity contribution in [2.24, 2.45) is 0 Å². The van der Waals surface area contributed by atoms with Crippen LogP contribution < -0.4 is 14.2 Å². The minimum atomic E-state index is -0.784. The number of aliphatic hydroxyl groups excluding tert-OH is 1. The predicted octanol–water partition coefficient (Wildman–Crippen LogP) is 5.03. The van der Waals surface area contributed by atoms with Crippen LogP contribution in [0.4, 0.5) is 0 Å². The van der Waals surface area contributed by atoms with Gasteiger partial charge in [0.1, 0.15) is 11.5 Å². The maximum Gasteiger partial charge on any atom is 0.295 e. The van der Waals surface area contributed by atoms with Gasteiger partial charge in [0.15, 0.2) is 11.5 Å². The number of amides is 1. The molecule has 1 N–H and O–H groups in total. The molecular weight excluding hydrogens is 482 g/mol. The van der Waals surface area contributed by atoms with E-state index in [2.05, 4.69) is 0 Å². The van der Waals surface area contributed by atoms with E-state index in [1.54, 1.807) is 32.4 Å². The zero-order valence-corrected chi connectivity index (χ0v) is 20.9. The van der Waals surface area contributed by atoms with E-state index in [1.807, 2.05) is 42.5 Å². The second-order valence-corrected chi connectivity index (χ2v) is 8.60. The Morgan fingerprint density at radius 2 is 1.64 bits per heavy atom. The van der Waals surface area contributed by atoms with Crippen molar-refractivity contribution in [3.05, 3.63) is 94.0 Å². The molecular formula is C28H26ClNO6. The summed E-state index contributed by atoms with van der Waals surface area (Å²) in [5.74, 6) is -0.178. The molecule has 8 heteroatoms. The van der Waals surface area contributed by atoms with Gasteiger partial charge in [-0.25, -0.2) is 0 Å². The van der Waals surface area contributed by atoms with Gasteiger partial charge in [0, 0.05) is 12.1 Å². The number of hydrogen-bond donors (Lipinski definition) is 1. The predicted molar refractivity (Wildman–Crippen MR) is 137 cm³/mol. The number of carbonyl (C=O) groups is 2. The maximum atomic E-state index is 13.3. The standard InChI is InChI=1S/C28H26ClNO6/c1-34-19-10-11-21(29)20(16-19)26(31)24-25(18-7-5-4-6-8-18)30(28(33)27(24)32)14-13-17-9-12-22(35-2)23(15-17)36-3/h4-12,15-16,25,31H,13-14H2,1-3H3/b26-24+. The first-order valence-corrected chi connectivity index (χ1v) is 11.7. The Balaban J connectivity index is 1.76. The molecule has 1 atom stereocenters. The van der Waals surface area contributed by atoms with E-state index in [9.17, 15) is 14.7 Å². The summed E-state index contributed by atoms with van der Waals surface area (Å²) in [6.07, 6.45) is 0.455. The molecule has 3 aromatic carbocycles. The van der Waals surface area contributed by atoms with Crippen LogP contribution >= 0.6 is 11.6 Å². The van der Waals surface area contributed by atoms with E-state index < -0.39 is 17.7 Å². The lowest BCUT2D eigenvalue weighted by Gasteiger charge is -2.25. The molecule has 1 heterocycles. The summed E-state index contributed by atoms with van der Waals surface area (Å²) < 4.78 is 15.9. The summed E-state index contributed by atoms with van der Waals surface area (Å²) in [6.45, 7) is 0.238. The van der Waals surface area contributed by atoms with Crippen LogP contribution in [-0.2, 0) is 16.0 Å². The second-order valence-electron chi connectivity index (χ2n) is 8.19. The first-order valence-electron chi connectivity index (χ1n) is 11.3. The normalized spacial score (nSPS) is 16.8. The number of hydrogen-bond acceptors (Lipinski definition) is 6. The van der Waals surface area contributed by atoms with Crippen LogP contribution in [-0.4, -0.2) is 49.6 Å². The van der Waals surface area contributed by atoms with Gasteiger partial charge in [-0.1, -0.05) is 48.0 Å². The second kappa shape index (κ2) is 10.7. The molecule has 0 saturated carbocycles. The molecule has 1 fully saturated rings. The summed E-state index contributed by atoms with van der Waals surface area (Å²) in [7, 11) is 4.61. The number of halogens is 1. The number of carbonyl (C=O) groups excluding carboxylic acids is 2. The summed E-state index contributed by atoms with van der Waals surface area (Å²) in [5.41, 5.74) is 1.80. The van der Waals surface area contributed by atoms with Crippen LogP contribution in [0, 0.1) is 0 Å². The highest BCUT2D eigenvalue weighted by Gasteiger charge is 2.46. The van der Waals surface area contributed by atoms with E-state index in [-0.39, 0.29) is 28.5 Å². The molecule has 1 unspecified atom stereocenters. The van der Waals surface area contributed by atoms with Crippen molar-refractivity contribution >= 4 is 29.1 Å². The number of likely N-dealkylation sites (tertiary alicyclic amines) is 1. The molecule has 0 aliphatic carbocycles. The molecule has 186 valence electrons. The van der Waals surface area contributed by atoms with Gasteiger partial charge in [-0.05, 0) is 47.9 Å². The average Bonchev–Trinajstić information content (AvgIpc) is 3.17. The summed E-state index contributed by atoms with van der Waals surface area (Å²) in [6, 6.07) is 18.6. The monoisotopic (exact) mass is 507 g/mol. The molecule has 7 nitrogen and oxygen atoms in total. The molecule has 4 rings (SSSR count). The SMILES string of the molecule is COc1ccc(Cl)c(/C(O)=C2\C(=O)C(=O)N(CCc3ccc(OC)c(OC)c3)C2c2ccccc2)c1. The highest BCUT2D eigenvalue weighted by Crippen LogP contribution is 2.41. The van der Waals surface area contributed by atoms with Crippen LogP contribution in [0.5, 0.6) is 17.2 Å². The van der Waals surface area contributed by atoms with E-state index in [1.165, 1.54) is 18.1 Å². The lowest BCUT2D eigenvalue weighted by atomic mass is 9.95. The fraction of sp³-hybridized carbons (Fsp3) is 0.214. The smallest absolute Gasteiger partial charge is 0.295 e. The number of Topliss-reactive ketones (excluding diaryl/α,β-unsaturated/α-hetero) is 1. The van der Waals surface area contributed by atoms with Crippen LogP contribution in [0.2, 0.25) is 5.02 Å². The van der Waals surface area contributed by atoms with Crippen LogP contribution in [0.1, 0.15) is 22.7 Å². The lowest BCUT2D eigenvalue weighted by molar-refractivity contribution is -0.139. The fourth-order valence-electron chi connectivity index (χ4n) is 4.34. The number of ether oxygens (including phenoxy) is 3. The van der Waals surface area contributed by atoms with E-state index >= 15 is 0 Å². The zero-order valence-electron chi connectivity index (χ0n) is 20.2. The van der Waals surface area contributed by atoms with Crippen molar-refractivity contribution in [1.82, 2.24) is 4.90 Å². The molecule has 0 radical (unpaired) electrons.